The Kier molecular flexibility index (Phi) is 4.63. The maximum absolute atomic E-state index is 12.7. The summed E-state index contributed by atoms with van der Waals surface area (Å²) < 4.78 is 0. The molecule has 3 rings (SSSR count). The number of carbonyl (C=O) groups is 3. The lowest BCUT2D eigenvalue weighted by molar-refractivity contribution is -0.135. The molecule has 1 aliphatic rings. The number of amides is 3. The molecule has 128 valence electrons. The van der Waals surface area contributed by atoms with Crippen LogP contribution in [-0.4, -0.2) is 35.8 Å². The van der Waals surface area contributed by atoms with Crippen LogP contribution in [0.25, 0.3) is 0 Å². The van der Waals surface area contributed by atoms with Gasteiger partial charge in [-0.1, -0.05) is 42.0 Å². The first kappa shape index (κ1) is 16.9. The Morgan fingerprint density at radius 1 is 1.04 bits per heavy atom. The van der Waals surface area contributed by atoms with Gasteiger partial charge < -0.3 is 0 Å². The summed E-state index contributed by atoms with van der Waals surface area (Å²) in [5.41, 5.74) is 4.79. The maximum atomic E-state index is 12.7. The number of hydroxylamine groups is 1. The van der Waals surface area contributed by atoms with E-state index in [1.165, 1.54) is 7.11 Å². The third kappa shape index (κ3) is 3.16. The van der Waals surface area contributed by atoms with Gasteiger partial charge in [-0.05, 0) is 24.6 Å². The third-order valence-electron chi connectivity index (χ3n) is 4.19. The van der Waals surface area contributed by atoms with Crippen molar-refractivity contribution in [1.29, 1.82) is 0 Å². The first-order valence-electron chi connectivity index (χ1n) is 7.88. The molecule has 0 fully saturated rings. The van der Waals surface area contributed by atoms with Crippen molar-refractivity contribution in [2.45, 2.75) is 19.4 Å². The van der Waals surface area contributed by atoms with Gasteiger partial charge in [-0.25, -0.2) is 5.48 Å². The van der Waals surface area contributed by atoms with E-state index in [1.54, 1.807) is 24.3 Å². The molecule has 3 amide bonds. The number of nitrogens with zero attached hydrogens (tertiary/aromatic N) is 1. The van der Waals surface area contributed by atoms with Crippen LogP contribution in [-0.2, 0) is 16.1 Å². The van der Waals surface area contributed by atoms with E-state index < -0.39 is 23.8 Å². The highest BCUT2D eigenvalue weighted by atomic mass is 16.6. The molecule has 0 aromatic heterocycles. The zero-order valence-corrected chi connectivity index (χ0v) is 14.0. The van der Waals surface area contributed by atoms with E-state index in [1.807, 2.05) is 31.2 Å². The molecule has 1 aliphatic heterocycles. The summed E-state index contributed by atoms with van der Waals surface area (Å²) in [7, 11) is 1.31. The van der Waals surface area contributed by atoms with E-state index in [2.05, 4.69) is 5.48 Å². The number of benzene rings is 2. The predicted octanol–water partition coefficient (Wildman–Crippen LogP) is 1.88. The number of fused-ring (bicyclic) bond motifs is 1. The molecule has 0 radical (unpaired) electrons. The second-order valence-electron chi connectivity index (χ2n) is 5.90. The number of carbonyl (C=O) groups excluding carboxylic acids is 3. The van der Waals surface area contributed by atoms with Gasteiger partial charge in [0.1, 0.15) is 6.04 Å². The van der Waals surface area contributed by atoms with E-state index in [-0.39, 0.29) is 6.42 Å². The third-order valence-corrected chi connectivity index (χ3v) is 4.19. The molecule has 0 saturated heterocycles. The highest BCUT2D eigenvalue weighted by Gasteiger charge is 2.42. The summed E-state index contributed by atoms with van der Waals surface area (Å²) in [5, 5.41) is 0. The van der Waals surface area contributed by atoms with Gasteiger partial charge in [-0.3, -0.25) is 24.1 Å². The van der Waals surface area contributed by atoms with Crippen LogP contribution in [0, 0.1) is 6.92 Å². The molecule has 0 unspecified atom stereocenters. The molecule has 0 bridgehead atoms. The van der Waals surface area contributed by atoms with Crippen LogP contribution in [0.15, 0.2) is 48.5 Å². The van der Waals surface area contributed by atoms with Crippen molar-refractivity contribution in [3.8, 4) is 0 Å². The molecule has 0 spiro atoms. The Balaban J connectivity index is 1.95. The Morgan fingerprint density at radius 3 is 2.12 bits per heavy atom. The van der Waals surface area contributed by atoms with Crippen molar-refractivity contribution >= 4 is 17.7 Å². The van der Waals surface area contributed by atoms with E-state index in [9.17, 15) is 14.4 Å². The molecule has 6 heteroatoms. The lowest BCUT2D eigenvalue weighted by Crippen LogP contribution is -2.50. The molecule has 1 atom stereocenters. The SMILES string of the molecule is CONC(=O)[C@H](Cc1ccc(C)cc1)N1C(=O)c2ccccc2C1=O. The van der Waals surface area contributed by atoms with Crippen LogP contribution < -0.4 is 5.48 Å². The topological polar surface area (TPSA) is 75.7 Å². The largest absolute Gasteiger partial charge is 0.277 e. The average Bonchev–Trinajstić information content (AvgIpc) is 2.86. The quantitative estimate of drug-likeness (QED) is 0.667. The van der Waals surface area contributed by atoms with Gasteiger partial charge >= 0.3 is 0 Å². The summed E-state index contributed by atoms with van der Waals surface area (Å²) in [4.78, 5) is 43.5. The lowest BCUT2D eigenvalue weighted by Gasteiger charge is -2.25. The number of hydrogen-bond acceptors (Lipinski definition) is 4. The lowest BCUT2D eigenvalue weighted by atomic mass is 10.0. The van der Waals surface area contributed by atoms with Gasteiger partial charge in [-0.2, -0.15) is 0 Å². The first-order chi connectivity index (χ1) is 12.0. The highest BCUT2D eigenvalue weighted by Crippen LogP contribution is 2.26. The number of rotatable bonds is 5. The molecule has 0 aliphatic carbocycles. The molecule has 0 saturated carbocycles. The molecule has 6 nitrogen and oxygen atoms in total. The van der Waals surface area contributed by atoms with Crippen molar-refractivity contribution in [2.24, 2.45) is 0 Å². The van der Waals surface area contributed by atoms with Crippen LogP contribution in [0.4, 0.5) is 0 Å². The van der Waals surface area contributed by atoms with E-state index >= 15 is 0 Å². The zero-order chi connectivity index (χ0) is 18.0. The van der Waals surface area contributed by atoms with Crippen molar-refractivity contribution in [3.05, 3.63) is 70.8 Å². The van der Waals surface area contributed by atoms with Crippen LogP contribution in [0.1, 0.15) is 31.8 Å². The summed E-state index contributed by atoms with van der Waals surface area (Å²) in [6, 6.07) is 13.2. The summed E-state index contributed by atoms with van der Waals surface area (Å²) >= 11 is 0. The number of nitrogens with one attached hydrogen (secondary N) is 1. The van der Waals surface area contributed by atoms with Gasteiger partial charge in [0.05, 0.1) is 18.2 Å². The van der Waals surface area contributed by atoms with Crippen molar-refractivity contribution in [1.82, 2.24) is 10.4 Å². The molecule has 2 aromatic carbocycles. The van der Waals surface area contributed by atoms with Crippen molar-refractivity contribution in [3.63, 3.8) is 0 Å². The first-order valence-corrected chi connectivity index (χ1v) is 7.88. The van der Waals surface area contributed by atoms with Gasteiger partial charge in [-0.15, -0.1) is 0 Å². The Bertz CT molecular complexity index is 795. The second-order valence-corrected chi connectivity index (χ2v) is 5.90. The summed E-state index contributed by atoms with van der Waals surface area (Å²) in [6.07, 6.45) is 0.209. The highest BCUT2D eigenvalue weighted by molar-refractivity contribution is 6.22. The Morgan fingerprint density at radius 2 is 1.60 bits per heavy atom. The fourth-order valence-corrected chi connectivity index (χ4v) is 2.91. The maximum Gasteiger partial charge on any atom is 0.267 e. The molecular weight excluding hydrogens is 320 g/mol. The van der Waals surface area contributed by atoms with Gasteiger partial charge in [0.25, 0.3) is 17.7 Å². The fraction of sp³-hybridized carbons (Fsp3) is 0.211. The van der Waals surface area contributed by atoms with Crippen LogP contribution in [0.2, 0.25) is 0 Å². The van der Waals surface area contributed by atoms with Gasteiger partial charge in [0.15, 0.2) is 0 Å². The number of imide groups is 1. The van der Waals surface area contributed by atoms with E-state index in [4.69, 9.17) is 4.84 Å². The summed E-state index contributed by atoms with van der Waals surface area (Å²) in [6.45, 7) is 1.96. The smallest absolute Gasteiger partial charge is 0.267 e. The number of hydrogen-bond donors (Lipinski definition) is 1. The Hall–Kier alpha value is -2.99. The van der Waals surface area contributed by atoms with Crippen molar-refractivity contribution < 1.29 is 19.2 Å². The molecule has 1 N–H and O–H groups in total. The molecular formula is C19H18N2O4. The van der Waals surface area contributed by atoms with E-state index in [0.29, 0.717) is 11.1 Å². The summed E-state index contributed by atoms with van der Waals surface area (Å²) in [5.74, 6) is -1.48. The molecule has 25 heavy (non-hydrogen) atoms. The molecule has 1 heterocycles. The molecule has 2 aromatic rings. The minimum Gasteiger partial charge on any atom is -0.277 e. The van der Waals surface area contributed by atoms with Gasteiger partial charge in [0.2, 0.25) is 0 Å². The zero-order valence-electron chi connectivity index (χ0n) is 14.0. The predicted molar refractivity (Wildman–Crippen MR) is 90.8 cm³/mol. The minimum atomic E-state index is -0.991. The second kappa shape index (κ2) is 6.86. The fourth-order valence-electron chi connectivity index (χ4n) is 2.91. The normalized spacial score (nSPS) is 14.4. The monoisotopic (exact) mass is 338 g/mol. The minimum absolute atomic E-state index is 0.209. The van der Waals surface area contributed by atoms with Gasteiger partial charge in [0, 0.05) is 6.42 Å². The van der Waals surface area contributed by atoms with Crippen LogP contribution >= 0.6 is 0 Å². The van der Waals surface area contributed by atoms with E-state index in [0.717, 1.165) is 16.0 Å². The standard InChI is InChI=1S/C19H18N2O4/c1-12-7-9-13(10-8-12)11-16(17(22)20-25-2)21-18(23)14-5-3-4-6-15(14)19(21)24/h3-10,16H,11H2,1-2H3,(H,20,22)/t16-/m0/s1. The van der Waals surface area contributed by atoms with Crippen LogP contribution in [0.5, 0.6) is 0 Å². The Labute approximate surface area is 145 Å². The van der Waals surface area contributed by atoms with Crippen LogP contribution in [0.3, 0.4) is 0 Å². The number of aryl methyl sites for hydroxylation is 1. The average molecular weight is 338 g/mol. The van der Waals surface area contributed by atoms with Crippen molar-refractivity contribution in [2.75, 3.05) is 7.11 Å².